The molecule has 0 N–H and O–H groups in total. The zero-order chi connectivity index (χ0) is 26.8. The number of methoxy groups -OCH3 is 2. The number of aromatic nitrogens is 6. The molecule has 11 nitrogen and oxygen atoms in total. The minimum absolute atomic E-state index is 0.122. The van der Waals surface area contributed by atoms with Crippen molar-refractivity contribution < 1.29 is 22.6 Å². The highest BCUT2D eigenvalue weighted by Gasteiger charge is 2.36. The molecule has 0 radical (unpaired) electrons. The van der Waals surface area contributed by atoms with Crippen LogP contribution in [-0.2, 0) is 31.6 Å². The van der Waals surface area contributed by atoms with Crippen LogP contribution in [-0.4, -0.2) is 69.3 Å². The van der Waals surface area contributed by atoms with Crippen molar-refractivity contribution in [3.05, 3.63) is 47.3 Å². The standard InChI is InChI=1S/C24H31ClN6O5S/c1-15(21(35-5)22-26-11-16(25)12-27-22)37(32,33)14-19-29-30-23(18-7-6-8-20(28-18)34-4)31(19)13-17-9-10-24(2,3)36-17/h6-8,11-12,15,17,21H,9-10,13-14H2,1-5H3/t15-,17-,21-/m0/s1. The molecule has 3 aromatic heterocycles. The van der Waals surface area contributed by atoms with E-state index in [9.17, 15) is 8.42 Å². The van der Waals surface area contributed by atoms with Gasteiger partial charge in [0.05, 0.1) is 35.6 Å². The Labute approximate surface area is 221 Å². The molecular weight excluding hydrogens is 520 g/mol. The van der Waals surface area contributed by atoms with E-state index >= 15 is 0 Å². The van der Waals surface area contributed by atoms with E-state index in [1.807, 2.05) is 13.8 Å². The fourth-order valence-electron chi connectivity index (χ4n) is 4.36. The minimum Gasteiger partial charge on any atom is -0.481 e. The molecular formula is C24H31ClN6O5S. The lowest BCUT2D eigenvalue weighted by Gasteiger charge is -2.22. The minimum atomic E-state index is -3.79. The molecule has 0 spiro atoms. The molecule has 1 aliphatic heterocycles. The van der Waals surface area contributed by atoms with E-state index in [0.717, 1.165) is 12.8 Å². The normalized spacial score (nSPS) is 19.0. The van der Waals surface area contributed by atoms with Crippen molar-refractivity contribution in [3.8, 4) is 17.4 Å². The molecule has 4 heterocycles. The summed E-state index contributed by atoms with van der Waals surface area (Å²) in [7, 11) is -0.842. The predicted octanol–water partition coefficient (Wildman–Crippen LogP) is 3.44. The van der Waals surface area contributed by atoms with Gasteiger partial charge in [-0.05, 0) is 39.7 Å². The lowest BCUT2D eigenvalue weighted by Crippen LogP contribution is -2.30. The van der Waals surface area contributed by atoms with Gasteiger partial charge < -0.3 is 18.8 Å². The Morgan fingerprint density at radius 1 is 1.22 bits per heavy atom. The molecule has 1 saturated heterocycles. The van der Waals surface area contributed by atoms with Gasteiger partial charge in [0, 0.05) is 25.6 Å². The van der Waals surface area contributed by atoms with Gasteiger partial charge in [-0.25, -0.2) is 23.4 Å². The molecule has 0 aliphatic carbocycles. The molecule has 37 heavy (non-hydrogen) atoms. The first-order chi connectivity index (χ1) is 17.5. The summed E-state index contributed by atoms with van der Waals surface area (Å²) in [6.45, 7) is 6.04. The second kappa shape index (κ2) is 11.0. The Morgan fingerprint density at radius 2 is 1.95 bits per heavy atom. The number of hydrogen-bond donors (Lipinski definition) is 0. The van der Waals surface area contributed by atoms with E-state index in [0.29, 0.717) is 29.0 Å². The van der Waals surface area contributed by atoms with Crippen LogP contribution in [0.25, 0.3) is 11.5 Å². The summed E-state index contributed by atoms with van der Waals surface area (Å²) >= 11 is 5.89. The fourth-order valence-corrected chi connectivity index (χ4v) is 5.91. The molecule has 1 fully saturated rings. The van der Waals surface area contributed by atoms with Crippen molar-refractivity contribution in [1.82, 2.24) is 29.7 Å². The first-order valence-electron chi connectivity index (χ1n) is 11.9. The van der Waals surface area contributed by atoms with Gasteiger partial charge in [-0.2, -0.15) is 0 Å². The van der Waals surface area contributed by atoms with Gasteiger partial charge in [-0.15, -0.1) is 10.2 Å². The average molecular weight is 551 g/mol. The van der Waals surface area contributed by atoms with Gasteiger partial charge in [0.2, 0.25) is 5.88 Å². The lowest BCUT2D eigenvalue weighted by atomic mass is 10.1. The maximum absolute atomic E-state index is 13.6. The average Bonchev–Trinajstić information content (AvgIpc) is 3.42. The van der Waals surface area contributed by atoms with Gasteiger partial charge in [0.25, 0.3) is 0 Å². The topological polar surface area (TPSA) is 131 Å². The highest BCUT2D eigenvalue weighted by molar-refractivity contribution is 7.91. The molecule has 4 rings (SSSR count). The van der Waals surface area contributed by atoms with Crippen molar-refractivity contribution in [2.24, 2.45) is 0 Å². The largest absolute Gasteiger partial charge is 0.481 e. The summed E-state index contributed by atoms with van der Waals surface area (Å²) in [4.78, 5) is 12.8. The molecule has 0 aromatic carbocycles. The molecule has 0 bridgehead atoms. The van der Waals surface area contributed by atoms with Gasteiger partial charge >= 0.3 is 0 Å². The predicted molar refractivity (Wildman–Crippen MR) is 137 cm³/mol. The van der Waals surface area contributed by atoms with Gasteiger partial charge in [-0.1, -0.05) is 17.7 Å². The Hall–Kier alpha value is -2.67. The summed E-state index contributed by atoms with van der Waals surface area (Å²) in [5.41, 5.74) is 0.267. The molecule has 200 valence electrons. The first kappa shape index (κ1) is 27.4. The fraction of sp³-hybridized carbons (Fsp3) is 0.542. The smallest absolute Gasteiger partial charge is 0.213 e. The third-order valence-corrected chi connectivity index (χ3v) is 8.64. The molecule has 3 atom stereocenters. The van der Waals surface area contributed by atoms with E-state index in [1.165, 1.54) is 26.6 Å². The summed E-state index contributed by atoms with van der Waals surface area (Å²) in [6, 6.07) is 5.30. The highest BCUT2D eigenvalue weighted by Crippen LogP contribution is 2.32. The van der Waals surface area contributed by atoms with E-state index in [-0.39, 0.29) is 29.1 Å². The first-order valence-corrected chi connectivity index (χ1v) is 14.0. The summed E-state index contributed by atoms with van der Waals surface area (Å²) in [5.74, 6) is 1.00. The van der Waals surface area contributed by atoms with Crippen molar-refractivity contribution in [1.29, 1.82) is 0 Å². The van der Waals surface area contributed by atoms with Crippen LogP contribution < -0.4 is 4.74 Å². The number of nitrogens with zero attached hydrogens (tertiary/aromatic N) is 6. The number of sulfone groups is 1. The second-order valence-corrected chi connectivity index (χ2v) is 12.4. The summed E-state index contributed by atoms with van der Waals surface area (Å²) in [6.07, 6.45) is 3.53. The number of ether oxygens (including phenoxy) is 3. The van der Waals surface area contributed by atoms with Crippen LogP contribution in [0.5, 0.6) is 5.88 Å². The SMILES string of the molecule is COc1cccc(-c2nnc(CS(=O)(=O)[C@@H](C)[C@H](OC)c3ncc(Cl)cn3)n2C[C@@H]2CCC(C)(C)O2)n1. The maximum Gasteiger partial charge on any atom is 0.213 e. The molecule has 0 amide bonds. The van der Waals surface area contributed by atoms with E-state index in [4.69, 9.17) is 25.8 Å². The Balaban J connectivity index is 1.67. The third-order valence-electron chi connectivity index (χ3n) is 6.40. The number of pyridine rings is 1. The van der Waals surface area contributed by atoms with E-state index in [2.05, 4.69) is 25.1 Å². The van der Waals surface area contributed by atoms with Crippen LogP contribution in [0.15, 0.2) is 30.6 Å². The quantitative estimate of drug-likeness (QED) is 0.370. The van der Waals surface area contributed by atoms with Crippen LogP contribution in [0.1, 0.15) is 51.4 Å². The molecule has 0 saturated carbocycles. The molecule has 13 heteroatoms. The number of hydrogen-bond acceptors (Lipinski definition) is 10. The van der Waals surface area contributed by atoms with Crippen molar-refractivity contribution in [3.63, 3.8) is 0 Å². The summed E-state index contributed by atoms with van der Waals surface area (Å²) < 4.78 is 45.9. The van der Waals surface area contributed by atoms with Crippen LogP contribution in [0.3, 0.4) is 0 Å². The van der Waals surface area contributed by atoms with Crippen molar-refractivity contribution >= 4 is 21.4 Å². The van der Waals surface area contributed by atoms with Crippen molar-refractivity contribution in [2.45, 2.75) is 69.0 Å². The van der Waals surface area contributed by atoms with Crippen LogP contribution in [0, 0.1) is 0 Å². The van der Waals surface area contributed by atoms with Gasteiger partial charge in [-0.3, -0.25) is 0 Å². The van der Waals surface area contributed by atoms with Crippen LogP contribution >= 0.6 is 11.6 Å². The molecule has 1 aliphatic rings. The van der Waals surface area contributed by atoms with Gasteiger partial charge in [0.15, 0.2) is 21.5 Å². The zero-order valence-electron chi connectivity index (χ0n) is 21.5. The van der Waals surface area contributed by atoms with Crippen molar-refractivity contribution in [2.75, 3.05) is 14.2 Å². The Morgan fingerprint density at radius 3 is 2.57 bits per heavy atom. The molecule has 0 unspecified atom stereocenters. The lowest BCUT2D eigenvalue weighted by molar-refractivity contribution is -0.0218. The Bertz CT molecular complexity index is 1330. The molecule has 3 aromatic rings. The number of rotatable bonds is 10. The number of halogens is 1. The van der Waals surface area contributed by atoms with E-state index < -0.39 is 21.2 Å². The second-order valence-electron chi connectivity index (χ2n) is 9.58. The van der Waals surface area contributed by atoms with Crippen LogP contribution in [0.2, 0.25) is 5.02 Å². The monoisotopic (exact) mass is 550 g/mol. The third kappa shape index (κ3) is 6.25. The van der Waals surface area contributed by atoms with E-state index in [1.54, 1.807) is 29.7 Å². The Kier molecular flexibility index (Phi) is 8.12. The zero-order valence-corrected chi connectivity index (χ0v) is 23.0. The van der Waals surface area contributed by atoms with Gasteiger partial charge in [0.1, 0.15) is 23.4 Å². The highest BCUT2D eigenvalue weighted by atomic mass is 35.5. The van der Waals surface area contributed by atoms with Crippen LogP contribution in [0.4, 0.5) is 0 Å². The summed E-state index contributed by atoms with van der Waals surface area (Å²) in [5, 5.41) is 7.97. The maximum atomic E-state index is 13.6.